The molecule has 22 heavy (non-hydrogen) atoms. The summed E-state index contributed by atoms with van der Waals surface area (Å²) >= 11 is 0. The zero-order valence-corrected chi connectivity index (χ0v) is 13.4. The number of aromatic hydroxyl groups is 1. The summed E-state index contributed by atoms with van der Waals surface area (Å²) in [6.07, 6.45) is 1.84. The maximum atomic E-state index is 9.76. The Morgan fingerprint density at radius 2 is 1.82 bits per heavy atom. The maximum absolute atomic E-state index is 9.76. The topological polar surface area (TPSA) is 46.0 Å². The van der Waals surface area contributed by atoms with Crippen LogP contribution in [-0.2, 0) is 0 Å². The lowest BCUT2D eigenvalue weighted by Gasteiger charge is -2.19. The fourth-order valence-electron chi connectivity index (χ4n) is 3.11. The van der Waals surface area contributed by atoms with Gasteiger partial charge in [0.05, 0.1) is 5.52 Å². The summed E-state index contributed by atoms with van der Waals surface area (Å²) in [5.41, 5.74) is 6.43. The first-order chi connectivity index (χ1) is 10.5. The van der Waals surface area contributed by atoms with Crippen molar-refractivity contribution in [3.05, 3.63) is 53.5 Å². The summed E-state index contributed by atoms with van der Waals surface area (Å²) in [4.78, 5) is 8.99. The van der Waals surface area contributed by atoms with Crippen LogP contribution in [0.4, 0.5) is 0 Å². The van der Waals surface area contributed by atoms with Crippen LogP contribution in [0.3, 0.4) is 0 Å². The summed E-state index contributed by atoms with van der Waals surface area (Å²) in [6.45, 7) is 8.42. The minimum Gasteiger partial charge on any atom is -0.508 e. The minimum absolute atomic E-state index is 0.244. The van der Waals surface area contributed by atoms with Gasteiger partial charge in [0, 0.05) is 29.0 Å². The molecule has 0 aliphatic rings. The van der Waals surface area contributed by atoms with Gasteiger partial charge in [0.2, 0.25) is 0 Å². The second-order valence-electron chi connectivity index (χ2n) is 6.03. The highest BCUT2D eigenvalue weighted by Crippen LogP contribution is 2.37. The molecule has 3 aromatic rings. The zero-order valence-electron chi connectivity index (χ0n) is 13.4. The maximum Gasteiger partial charge on any atom is 0.117 e. The van der Waals surface area contributed by atoms with Crippen molar-refractivity contribution in [1.82, 2.24) is 9.97 Å². The summed E-state index contributed by atoms with van der Waals surface area (Å²) in [5.74, 6) is 0.614. The van der Waals surface area contributed by atoms with Gasteiger partial charge in [0.15, 0.2) is 0 Å². The Morgan fingerprint density at radius 1 is 1.05 bits per heavy atom. The Labute approximate surface area is 130 Å². The van der Waals surface area contributed by atoms with Crippen molar-refractivity contribution in [2.75, 3.05) is 0 Å². The molecule has 1 N–H and O–H groups in total. The van der Waals surface area contributed by atoms with Crippen LogP contribution in [-0.4, -0.2) is 15.1 Å². The first-order valence-corrected chi connectivity index (χ1v) is 7.53. The van der Waals surface area contributed by atoms with Gasteiger partial charge in [0.25, 0.3) is 0 Å². The average Bonchev–Trinajstić information content (AvgIpc) is 2.45. The molecule has 1 aromatic carbocycles. The lowest BCUT2D eigenvalue weighted by atomic mass is 9.88. The molecule has 0 fully saturated rings. The molecule has 3 heteroatoms. The minimum atomic E-state index is 0.244. The fourth-order valence-corrected chi connectivity index (χ4v) is 3.11. The molecule has 2 aromatic heterocycles. The zero-order chi connectivity index (χ0) is 15.9. The number of phenols is 1. The van der Waals surface area contributed by atoms with Crippen molar-refractivity contribution in [2.45, 2.75) is 33.6 Å². The molecule has 0 unspecified atom stereocenters. The Hall–Kier alpha value is -2.42. The van der Waals surface area contributed by atoms with Gasteiger partial charge < -0.3 is 5.11 Å². The number of hydrogen-bond donors (Lipinski definition) is 1. The van der Waals surface area contributed by atoms with Crippen LogP contribution in [0.1, 0.15) is 36.7 Å². The number of phenolic OH excluding ortho intramolecular Hbond substituents is 1. The molecule has 0 amide bonds. The Kier molecular flexibility index (Phi) is 3.57. The number of pyridine rings is 2. The van der Waals surface area contributed by atoms with E-state index in [1.165, 1.54) is 11.1 Å². The van der Waals surface area contributed by atoms with E-state index in [1.54, 1.807) is 12.1 Å². The van der Waals surface area contributed by atoms with Crippen LogP contribution in [0.15, 0.2) is 36.5 Å². The molecule has 3 nitrogen and oxygen atoms in total. The molecule has 0 atom stereocenters. The number of nitrogens with zero attached hydrogens (tertiary/aromatic N) is 2. The molecule has 3 rings (SSSR count). The van der Waals surface area contributed by atoms with E-state index in [2.05, 4.69) is 24.9 Å². The van der Waals surface area contributed by atoms with Crippen LogP contribution >= 0.6 is 0 Å². The highest BCUT2D eigenvalue weighted by molar-refractivity contribution is 5.97. The second-order valence-corrected chi connectivity index (χ2v) is 6.03. The third kappa shape index (κ3) is 2.43. The molecule has 0 spiro atoms. The van der Waals surface area contributed by atoms with Gasteiger partial charge in [-0.05, 0) is 60.7 Å². The van der Waals surface area contributed by atoms with Crippen LogP contribution in [0.2, 0.25) is 0 Å². The largest absolute Gasteiger partial charge is 0.508 e. The molecule has 0 radical (unpaired) electrons. The molecule has 112 valence electrons. The van der Waals surface area contributed by atoms with Gasteiger partial charge in [-0.2, -0.15) is 0 Å². The van der Waals surface area contributed by atoms with Gasteiger partial charge in [-0.3, -0.25) is 9.97 Å². The number of fused-ring (bicyclic) bond motifs is 1. The molecular weight excluding hydrogens is 272 g/mol. The molecule has 0 saturated carbocycles. The molecule has 0 bridgehead atoms. The number of rotatable bonds is 2. The van der Waals surface area contributed by atoms with Crippen molar-refractivity contribution in [2.24, 2.45) is 0 Å². The third-order valence-corrected chi connectivity index (χ3v) is 3.96. The SMILES string of the molecule is Cc1cc(-c2c(C(C)C)c(C)nc3cc(O)ccc23)ccn1. The van der Waals surface area contributed by atoms with Crippen molar-refractivity contribution < 1.29 is 5.11 Å². The predicted molar refractivity (Wildman–Crippen MR) is 90.2 cm³/mol. The molecule has 0 aliphatic heterocycles. The number of benzene rings is 1. The van der Waals surface area contributed by atoms with E-state index in [0.29, 0.717) is 5.92 Å². The highest BCUT2D eigenvalue weighted by atomic mass is 16.3. The summed E-state index contributed by atoms with van der Waals surface area (Å²) in [7, 11) is 0. The average molecular weight is 292 g/mol. The molecule has 2 heterocycles. The molecule has 0 aliphatic carbocycles. The van der Waals surface area contributed by atoms with E-state index in [-0.39, 0.29) is 5.75 Å². The highest BCUT2D eigenvalue weighted by Gasteiger charge is 2.17. The van der Waals surface area contributed by atoms with Crippen molar-refractivity contribution >= 4 is 10.9 Å². The summed E-state index contributed by atoms with van der Waals surface area (Å²) in [6, 6.07) is 9.55. The van der Waals surface area contributed by atoms with Gasteiger partial charge in [-0.25, -0.2) is 0 Å². The van der Waals surface area contributed by atoms with Crippen molar-refractivity contribution in [3.63, 3.8) is 0 Å². The standard InChI is InChI=1S/C19H20N2O/c1-11(2)18-13(4)21-17-10-15(22)5-6-16(17)19(18)14-7-8-20-12(3)9-14/h5-11,22H,1-4H3. The molecule has 0 saturated heterocycles. The second kappa shape index (κ2) is 5.41. The monoisotopic (exact) mass is 292 g/mol. The Bertz CT molecular complexity index is 853. The van der Waals surface area contributed by atoms with E-state index in [9.17, 15) is 5.11 Å². The van der Waals surface area contributed by atoms with Crippen molar-refractivity contribution in [3.8, 4) is 16.9 Å². The Morgan fingerprint density at radius 3 is 2.50 bits per heavy atom. The number of aryl methyl sites for hydroxylation is 2. The molecular formula is C19H20N2O. The van der Waals surface area contributed by atoms with Crippen LogP contribution < -0.4 is 0 Å². The van der Waals surface area contributed by atoms with Gasteiger partial charge >= 0.3 is 0 Å². The first-order valence-electron chi connectivity index (χ1n) is 7.53. The first kappa shape index (κ1) is 14.5. The van der Waals surface area contributed by atoms with Crippen molar-refractivity contribution in [1.29, 1.82) is 0 Å². The van der Waals surface area contributed by atoms with Crippen LogP contribution in [0.25, 0.3) is 22.0 Å². The van der Waals surface area contributed by atoms with Gasteiger partial charge in [0.1, 0.15) is 5.75 Å². The van der Waals surface area contributed by atoms with Crippen LogP contribution in [0, 0.1) is 13.8 Å². The van der Waals surface area contributed by atoms with E-state index in [0.717, 1.165) is 27.9 Å². The lowest BCUT2D eigenvalue weighted by Crippen LogP contribution is -2.01. The number of aromatic nitrogens is 2. The quantitative estimate of drug-likeness (QED) is 0.742. The normalized spacial score (nSPS) is 11.3. The lowest BCUT2D eigenvalue weighted by molar-refractivity contribution is 0.476. The fraction of sp³-hybridized carbons (Fsp3) is 0.263. The Balaban J connectivity index is 2.45. The van der Waals surface area contributed by atoms with Crippen LogP contribution in [0.5, 0.6) is 5.75 Å². The summed E-state index contributed by atoms with van der Waals surface area (Å²) < 4.78 is 0. The predicted octanol–water partition coefficient (Wildman–Crippen LogP) is 4.74. The third-order valence-electron chi connectivity index (χ3n) is 3.96. The van der Waals surface area contributed by atoms with E-state index < -0.39 is 0 Å². The van der Waals surface area contributed by atoms with E-state index in [4.69, 9.17) is 4.98 Å². The van der Waals surface area contributed by atoms with E-state index in [1.807, 2.05) is 32.2 Å². The summed E-state index contributed by atoms with van der Waals surface area (Å²) in [5, 5.41) is 10.8. The van der Waals surface area contributed by atoms with Gasteiger partial charge in [-0.1, -0.05) is 13.8 Å². The van der Waals surface area contributed by atoms with Gasteiger partial charge in [-0.15, -0.1) is 0 Å². The number of hydrogen-bond acceptors (Lipinski definition) is 3. The smallest absolute Gasteiger partial charge is 0.117 e. The van der Waals surface area contributed by atoms with E-state index >= 15 is 0 Å².